The number of hydrazine groups is 1. The van der Waals surface area contributed by atoms with Gasteiger partial charge in [-0.3, -0.25) is 20.4 Å². The Kier molecular flexibility index (Phi) is 5.63. The van der Waals surface area contributed by atoms with Crippen LogP contribution in [0.25, 0.3) is 11.0 Å². The molecule has 0 spiro atoms. The summed E-state index contributed by atoms with van der Waals surface area (Å²) in [7, 11) is -3.64. The van der Waals surface area contributed by atoms with Crippen LogP contribution < -0.4 is 10.9 Å². The molecule has 10 heteroatoms. The number of nitrogens with zero attached hydrogens (tertiary/aromatic N) is 1. The van der Waals surface area contributed by atoms with Gasteiger partial charge in [0.1, 0.15) is 5.58 Å². The summed E-state index contributed by atoms with van der Waals surface area (Å²) in [5, 5.41) is 0.737. The number of hydrogen-bond acceptors (Lipinski definition) is 5. The fourth-order valence-electron chi connectivity index (χ4n) is 3.26. The number of benzene rings is 2. The van der Waals surface area contributed by atoms with E-state index < -0.39 is 21.8 Å². The predicted molar refractivity (Wildman–Crippen MR) is 113 cm³/mol. The average molecular weight is 492 g/mol. The van der Waals surface area contributed by atoms with Gasteiger partial charge in [0.2, 0.25) is 10.0 Å². The van der Waals surface area contributed by atoms with Crippen LogP contribution in [-0.4, -0.2) is 37.6 Å². The molecule has 2 aromatic carbocycles. The first kappa shape index (κ1) is 20.6. The van der Waals surface area contributed by atoms with Gasteiger partial charge < -0.3 is 4.42 Å². The van der Waals surface area contributed by atoms with E-state index in [4.69, 9.17) is 4.42 Å². The largest absolute Gasteiger partial charge is 0.450 e. The van der Waals surface area contributed by atoms with Crippen LogP contribution in [-0.2, 0) is 10.0 Å². The summed E-state index contributed by atoms with van der Waals surface area (Å²) < 4.78 is 33.0. The molecule has 156 valence electrons. The molecule has 1 aromatic heterocycles. The van der Waals surface area contributed by atoms with E-state index >= 15 is 0 Å². The van der Waals surface area contributed by atoms with E-state index in [2.05, 4.69) is 26.8 Å². The van der Waals surface area contributed by atoms with E-state index in [0.29, 0.717) is 23.1 Å². The molecule has 1 aliphatic heterocycles. The van der Waals surface area contributed by atoms with Gasteiger partial charge >= 0.3 is 5.91 Å². The first-order valence-electron chi connectivity index (χ1n) is 9.25. The van der Waals surface area contributed by atoms with E-state index in [0.717, 1.165) is 18.2 Å². The lowest BCUT2D eigenvalue weighted by Crippen LogP contribution is -2.41. The Morgan fingerprint density at radius 2 is 1.67 bits per heavy atom. The van der Waals surface area contributed by atoms with Gasteiger partial charge in [0.25, 0.3) is 5.91 Å². The Hall–Kier alpha value is -2.69. The van der Waals surface area contributed by atoms with Crippen molar-refractivity contribution in [3.8, 4) is 0 Å². The van der Waals surface area contributed by atoms with Crippen molar-refractivity contribution in [1.29, 1.82) is 0 Å². The van der Waals surface area contributed by atoms with Crippen molar-refractivity contribution < 1.29 is 22.4 Å². The Morgan fingerprint density at radius 3 is 2.40 bits per heavy atom. The minimum Gasteiger partial charge on any atom is -0.450 e. The molecule has 2 amide bonds. The highest BCUT2D eigenvalue weighted by Crippen LogP contribution is 2.27. The number of amides is 2. The molecule has 0 aliphatic carbocycles. The van der Waals surface area contributed by atoms with Crippen molar-refractivity contribution in [1.82, 2.24) is 15.2 Å². The minimum absolute atomic E-state index is 0.0301. The summed E-state index contributed by atoms with van der Waals surface area (Å²) in [6, 6.07) is 12.7. The highest BCUT2D eigenvalue weighted by molar-refractivity contribution is 9.10. The van der Waals surface area contributed by atoms with Crippen molar-refractivity contribution >= 4 is 48.7 Å². The minimum atomic E-state index is -3.64. The molecule has 1 aliphatic rings. The van der Waals surface area contributed by atoms with E-state index in [-0.39, 0.29) is 16.2 Å². The number of para-hydroxylation sites is 1. The van der Waals surface area contributed by atoms with E-state index in [1.54, 1.807) is 18.2 Å². The van der Waals surface area contributed by atoms with Gasteiger partial charge in [0.05, 0.1) is 9.37 Å². The van der Waals surface area contributed by atoms with Crippen molar-refractivity contribution in [2.45, 2.75) is 17.7 Å². The number of fused-ring (bicyclic) bond motifs is 1. The van der Waals surface area contributed by atoms with Gasteiger partial charge in [-0.05, 0) is 59.1 Å². The third-order valence-electron chi connectivity index (χ3n) is 4.81. The lowest BCUT2D eigenvalue weighted by Gasteiger charge is -2.16. The van der Waals surface area contributed by atoms with Gasteiger partial charge in [0, 0.05) is 24.0 Å². The average Bonchev–Trinajstić information content (AvgIpc) is 3.43. The molecule has 3 aromatic rings. The van der Waals surface area contributed by atoms with Crippen LogP contribution in [0.2, 0.25) is 0 Å². The highest BCUT2D eigenvalue weighted by Gasteiger charge is 2.27. The van der Waals surface area contributed by atoms with Crippen molar-refractivity contribution in [3.63, 3.8) is 0 Å². The van der Waals surface area contributed by atoms with Gasteiger partial charge in [-0.25, -0.2) is 8.42 Å². The van der Waals surface area contributed by atoms with Crippen LogP contribution in [0.4, 0.5) is 0 Å². The number of halogens is 1. The normalized spacial score (nSPS) is 14.7. The van der Waals surface area contributed by atoms with Crippen molar-refractivity contribution in [2.24, 2.45) is 0 Å². The lowest BCUT2D eigenvalue weighted by atomic mass is 10.2. The van der Waals surface area contributed by atoms with E-state index in [1.807, 2.05) is 6.07 Å². The molecule has 0 bridgehead atoms. The van der Waals surface area contributed by atoms with Crippen molar-refractivity contribution in [2.75, 3.05) is 13.1 Å². The maximum Gasteiger partial charge on any atom is 0.305 e. The van der Waals surface area contributed by atoms with Gasteiger partial charge in [-0.15, -0.1) is 0 Å². The number of rotatable bonds is 4. The molecule has 4 rings (SSSR count). The summed E-state index contributed by atoms with van der Waals surface area (Å²) in [5.74, 6) is -1.24. The Labute approximate surface area is 181 Å². The molecule has 2 heterocycles. The van der Waals surface area contributed by atoms with Crippen LogP contribution in [0.15, 0.2) is 62.3 Å². The standard InChI is InChI=1S/C20H18BrN3O5S/c21-16-8-4-5-13-12-17(29-18(13)16)20(26)23-22-19(25)14-6-3-7-15(11-14)30(27,28)24-9-1-2-10-24/h3-8,11-12H,1-2,9-10H2,(H,22,25)(H,23,26). The second kappa shape index (κ2) is 8.21. The number of carbonyl (C=O) groups excluding carboxylic acids is 2. The number of carbonyl (C=O) groups is 2. The molecule has 2 N–H and O–H groups in total. The quantitative estimate of drug-likeness (QED) is 0.545. The smallest absolute Gasteiger partial charge is 0.305 e. The topological polar surface area (TPSA) is 109 Å². The first-order valence-corrected chi connectivity index (χ1v) is 11.5. The van der Waals surface area contributed by atoms with Crippen LogP contribution in [0.5, 0.6) is 0 Å². The second-order valence-corrected chi connectivity index (χ2v) is 9.61. The molecular formula is C20H18BrN3O5S. The number of sulfonamides is 1. The van der Waals surface area contributed by atoms with Crippen LogP contribution in [0.3, 0.4) is 0 Å². The molecule has 1 saturated heterocycles. The summed E-state index contributed by atoms with van der Waals surface area (Å²) in [6.45, 7) is 0.949. The van der Waals surface area contributed by atoms with Gasteiger partial charge in [-0.1, -0.05) is 18.2 Å². The number of furan rings is 1. The fraction of sp³-hybridized carbons (Fsp3) is 0.200. The lowest BCUT2D eigenvalue weighted by molar-refractivity contribution is 0.0832. The monoisotopic (exact) mass is 491 g/mol. The van der Waals surface area contributed by atoms with Crippen LogP contribution in [0, 0.1) is 0 Å². The summed E-state index contributed by atoms with van der Waals surface area (Å²) in [5.41, 5.74) is 5.21. The molecule has 8 nitrogen and oxygen atoms in total. The molecule has 0 radical (unpaired) electrons. The Bertz CT molecular complexity index is 1230. The van der Waals surface area contributed by atoms with E-state index in [9.17, 15) is 18.0 Å². The van der Waals surface area contributed by atoms with E-state index in [1.165, 1.54) is 28.6 Å². The fourth-order valence-corrected chi connectivity index (χ4v) is 5.29. The molecule has 0 unspecified atom stereocenters. The summed E-state index contributed by atoms with van der Waals surface area (Å²) >= 11 is 3.35. The SMILES string of the molecule is O=C(NNC(=O)c1cc2cccc(Br)c2o1)c1cccc(S(=O)(=O)N2CCCC2)c1. The number of nitrogens with one attached hydrogen (secondary N) is 2. The molecule has 0 atom stereocenters. The third kappa shape index (κ3) is 3.98. The third-order valence-corrected chi connectivity index (χ3v) is 7.33. The zero-order chi connectivity index (χ0) is 21.3. The van der Waals surface area contributed by atoms with Gasteiger partial charge in [-0.2, -0.15) is 4.31 Å². The molecule has 1 fully saturated rings. The van der Waals surface area contributed by atoms with Gasteiger partial charge in [0.15, 0.2) is 5.76 Å². The first-order chi connectivity index (χ1) is 14.4. The predicted octanol–water partition coefficient (Wildman–Crippen LogP) is 3.05. The maximum absolute atomic E-state index is 12.7. The Morgan fingerprint density at radius 1 is 0.967 bits per heavy atom. The highest BCUT2D eigenvalue weighted by atomic mass is 79.9. The molecule has 0 saturated carbocycles. The zero-order valence-corrected chi connectivity index (χ0v) is 18.1. The Balaban J connectivity index is 1.46. The van der Waals surface area contributed by atoms with Crippen LogP contribution in [0.1, 0.15) is 33.8 Å². The summed E-state index contributed by atoms with van der Waals surface area (Å²) in [6.07, 6.45) is 1.65. The maximum atomic E-state index is 12.7. The second-order valence-electron chi connectivity index (χ2n) is 6.82. The van der Waals surface area contributed by atoms with Crippen molar-refractivity contribution in [3.05, 3.63) is 64.3 Å². The molecule has 30 heavy (non-hydrogen) atoms. The van der Waals surface area contributed by atoms with Crippen LogP contribution >= 0.6 is 15.9 Å². The zero-order valence-electron chi connectivity index (χ0n) is 15.7. The summed E-state index contributed by atoms with van der Waals surface area (Å²) in [4.78, 5) is 24.8. The molecular weight excluding hydrogens is 474 g/mol. The number of hydrogen-bond donors (Lipinski definition) is 2.